The number of ether oxygens (including phenoxy) is 2. The smallest absolute Gasteiger partial charge is 0.352 e. The Kier molecular flexibility index (Phi) is 13.4. The van der Waals surface area contributed by atoms with Crippen LogP contribution in [0.4, 0.5) is 0 Å². The molecule has 1 fully saturated rings. The van der Waals surface area contributed by atoms with Gasteiger partial charge in [0.2, 0.25) is 0 Å². The molecule has 1 aromatic heterocycles. The number of carboxylic acids is 1. The van der Waals surface area contributed by atoms with Gasteiger partial charge in [-0.15, -0.1) is 0 Å². The van der Waals surface area contributed by atoms with E-state index in [1.54, 1.807) is 23.1 Å². The number of allylic oxidation sites excluding steroid dienone is 3. The number of carbonyl (C=O) groups is 5. The lowest BCUT2D eigenvalue weighted by Crippen LogP contribution is -2.50. The number of aromatic nitrogens is 1. The van der Waals surface area contributed by atoms with Crippen LogP contribution in [0.5, 0.6) is 5.75 Å². The van der Waals surface area contributed by atoms with E-state index in [0.717, 1.165) is 63.2 Å². The zero-order valence-corrected chi connectivity index (χ0v) is 38.6. The maximum atomic E-state index is 13.5. The van der Waals surface area contributed by atoms with Crippen LogP contribution >= 0.6 is 11.6 Å². The number of nitrogens with zero attached hydrogens (tertiary/aromatic N) is 5. The fraction of sp³-hybridized carbons (Fsp3) is 0.412. The lowest BCUT2D eigenvalue weighted by molar-refractivity contribution is -0.451. The number of ketones is 2. The number of carbonyl (C=O) groups excluding carboxylic acids is 4. The van der Waals surface area contributed by atoms with E-state index in [2.05, 4.69) is 47.6 Å². The maximum absolute atomic E-state index is 13.5. The average Bonchev–Trinajstić information content (AvgIpc) is 3.80. The first-order chi connectivity index (χ1) is 31.2. The molecule has 3 aliphatic heterocycles. The topological polar surface area (TPSA) is 142 Å². The summed E-state index contributed by atoms with van der Waals surface area (Å²) in [6.45, 7) is 10.4. The first-order valence-electron chi connectivity index (χ1n) is 22.6. The lowest BCUT2D eigenvalue weighted by atomic mass is 9.92. The number of fused-ring (bicyclic) bond motifs is 3. The molecule has 65 heavy (non-hydrogen) atoms. The SMILES string of the molecule is CC(=O)CCC(C(C)=O)N1Cc2c(OCC(=O)N3CCN(CCn4c(C(=O)O)c(CCCOC5=CCCc6ccccc65)c5ccc(Cl)c(C6=C(C)[N+](C)=C6C)c54)CC3)cccc2C1=O. The number of benzene rings is 3. The van der Waals surface area contributed by atoms with Gasteiger partial charge in [-0.1, -0.05) is 48.0 Å². The van der Waals surface area contributed by atoms with Gasteiger partial charge in [-0.3, -0.25) is 19.3 Å². The highest BCUT2D eigenvalue weighted by Crippen LogP contribution is 2.42. The average molecular weight is 903 g/mol. The number of hydrogen-bond acceptors (Lipinski definition) is 8. The van der Waals surface area contributed by atoms with Crippen LogP contribution in [0.3, 0.4) is 0 Å². The summed E-state index contributed by atoms with van der Waals surface area (Å²) in [5, 5.41) is 12.4. The molecular formula is C51H57ClN5O8+. The molecule has 13 nitrogen and oxygen atoms in total. The normalized spacial score (nSPS) is 16.6. The standard InChI is InChI=1S/C51H56ClN5O8/c1-31(58)18-21-42(34(4)59)57-29-40-39(50(57)61)14-9-17-44(40)65-30-45(60)55-25-22-54(23-26-55)24-27-56-48-38(19-20-41(52)47(48)46-32(2)53(5)33(46)3)37(49(56)51(62)63)15-10-28-64-43-16-8-12-35-11-6-7-13-36(35)43/h6-7,9,11,13-14,16-17,19-20,42H,8,10,12,15,18,21-30H2,1-5H3/p+1. The molecule has 3 aromatic carbocycles. The van der Waals surface area contributed by atoms with Crippen molar-refractivity contribution >= 4 is 68.9 Å². The van der Waals surface area contributed by atoms with E-state index in [4.69, 9.17) is 21.1 Å². The molecule has 8 rings (SSSR count). The van der Waals surface area contributed by atoms with Crippen molar-refractivity contribution in [2.45, 2.75) is 85.4 Å². The van der Waals surface area contributed by atoms with Crippen LogP contribution < -0.4 is 4.74 Å². The summed E-state index contributed by atoms with van der Waals surface area (Å²) in [6.07, 6.45) is 5.62. The number of aryl methyl sites for hydroxylation is 2. The Morgan fingerprint density at radius 2 is 1.68 bits per heavy atom. The van der Waals surface area contributed by atoms with Crippen molar-refractivity contribution in [3.8, 4) is 5.75 Å². The Labute approximate surface area is 384 Å². The summed E-state index contributed by atoms with van der Waals surface area (Å²) >= 11 is 7.05. The molecule has 1 unspecified atom stereocenters. The zero-order valence-electron chi connectivity index (χ0n) is 37.9. The fourth-order valence-corrected chi connectivity index (χ4v) is 10.2. The van der Waals surface area contributed by atoms with Crippen LogP contribution in [0.25, 0.3) is 22.2 Å². The Morgan fingerprint density at radius 3 is 2.40 bits per heavy atom. The van der Waals surface area contributed by atoms with Gasteiger partial charge < -0.3 is 33.7 Å². The van der Waals surface area contributed by atoms with E-state index >= 15 is 0 Å². The van der Waals surface area contributed by atoms with Crippen molar-refractivity contribution < 1.29 is 43.1 Å². The molecule has 1 saturated heterocycles. The molecule has 0 bridgehead atoms. The van der Waals surface area contributed by atoms with Gasteiger partial charge >= 0.3 is 5.97 Å². The maximum Gasteiger partial charge on any atom is 0.352 e. The summed E-state index contributed by atoms with van der Waals surface area (Å²) < 4.78 is 16.4. The molecule has 1 atom stereocenters. The van der Waals surface area contributed by atoms with E-state index in [1.807, 2.05) is 29.8 Å². The quantitative estimate of drug-likeness (QED) is 0.0806. The third kappa shape index (κ3) is 9.00. The second-order valence-corrected chi connectivity index (χ2v) is 17.9. The van der Waals surface area contributed by atoms with Crippen LogP contribution in [0.1, 0.15) is 102 Å². The molecule has 4 aliphatic rings. The molecule has 4 heterocycles. The van der Waals surface area contributed by atoms with Gasteiger partial charge in [0.25, 0.3) is 11.8 Å². The van der Waals surface area contributed by atoms with E-state index < -0.39 is 12.0 Å². The first-order valence-corrected chi connectivity index (χ1v) is 23.0. The molecule has 0 saturated carbocycles. The fourth-order valence-electron chi connectivity index (χ4n) is 9.95. The number of hydrogen-bond donors (Lipinski definition) is 1. The van der Waals surface area contributed by atoms with E-state index in [1.165, 1.54) is 24.3 Å². The predicted molar refractivity (Wildman–Crippen MR) is 250 cm³/mol. The number of Topliss-reactive ketones (excluding diaryl/α,β-unsaturated/α-hetero) is 2. The first kappa shape index (κ1) is 45.5. The predicted octanol–water partition coefficient (Wildman–Crippen LogP) is 7.28. The zero-order chi connectivity index (χ0) is 46.1. The van der Waals surface area contributed by atoms with Crippen molar-refractivity contribution in [2.75, 3.05) is 53.0 Å². The number of piperazine rings is 1. The largest absolute Gasteiger partial charge is 0.493 e. The minimum Gasteiger partial charge on any atom is -0.493 e. The molecule has 4 aromatic rings. The highest BCUT2D eigenvalue weighted by Gasteiger charge is 2.38. The molecule has 0 spiro atoms. The lowest BCUT2D eigenvalue weighted by Gasteiger charge is -2.35. The molecule has 340 valence electrons. The van der Waals surface area contributed by atoms with Gasteiger partial charge in [0.05, 0.1) is 29.7 Å². The molecule has 14 heteroatoms. The van der Waals surface area contributed by atoms with Crippen LogP contribution in [0, 0.1) is 0 Å². The Bertz CT molecular complexity index is 2700. The highest BCUT2D eigenvalue weighted by atomic mass is 35.5. The van der Waals surface area contributed by atoms with Gasteiger partial charge in [0.15, 0.2) is 23.8 Å². The summed E-state index contributed by atoms with van der Waals surface area (Å²) in [4.78, 5) is 70.0. The highest BCUT2D eigenvalue weighted by molar-refractivity contribution is 6.38. The molecule has 1 N–H and O–H groups in total. The number of halogens is 1. The number of rotatable bonds is 18. The van der Waals surface area contributed by atoms with Crippen molar-refractivity contribution in [2.24, 2.45) is 0 Å². The summed E-state index contributed by atoms with van der Waals surface area (Å²) in [6, 6.07) is 16.5. The third-order valence-electron chi connectivity index (χ3n) is 13.6. The number of aromatic carboxylic acids is 1. The van der Waals surface area contributed by atoms with Crippen LogP contribution in [-0.2, 0) is 45.1 Å². The van der Waals surface area contributed by atoms with Gasteiger partial charge in [0.1, 0.15) is 35.6 Å². The summed E-state index contributed by atoms with van der Waals surface area (Å²) in [7, 11) is 2.02. The summed E-state index contributed by atoms with van der Waals surface area (Å²) in [5.41, 5.74) is 9.27. The van der Waals surface area contributed by atoms with Crippen LogP contribution in [0.2, 0.25) is 5.02 Å². The van der Waals surface area contributed by atoms with Crippen LogP contribution in [-0.4, -0.2) is 123 Å². The van der Waals surface area contributed by atoms with Gasteiger partial charge in [-0.05, 0) is 81.4 Å². The number of carboxylic acid groups (broad SMARTS) is 1. The van der Waals surface area contributed by atoms with Gasteiger partial charge in [0, 0.05) is 87.2 Å². The monoisotopic (exact) mass is 902 g/mol. The third-order valence-corrected chi connectivity index (χ3v) is 13.9. The Hall–Kier alpha value is -6.05. The molecular weight excluding hydrogens is 846 g/mol. The summed E-state index contributed by atoms with van der Waals surface area (Å²) in [5.74, 6) is -0.421. The van der Waals surface area contributed by atoms with Crippen molar-refractivity contribution in [1.29, 1.82) is 0 Å². The molecule has 2 amide bonds. The van der Waals surface area contributed by atoms with E-state index in [-0.39, 0.29) is 55.1 Å². The molecule has 0 radical (unpaired) electrons. The Morgan fingerprint density at radius 1 is 0.923 bits per heavy atom. The van der Waals surface area contributed by atoms with Gasteiger partial charge in [-0.25, -0.2) is 9.37 Å². The van der Waals surface area contributed by atoms with Crippen molar-refractivity contribution in [1.82, 2.24) is 19.3 Å². The Balaban J connectivity index is 0.945. The minimum atomic E-state index is -0.997. The van der Waals surface area contributed by atoms with E-state index in [9.17, 15) is 29.1 Å². The second kappa shape index (κ2) is 19.2. The van der Waals surface area contributed by atoms with Gasteiger partial charge in [-0.2, -0.15) is 0 Å². The van der Waals surface area contributed by atoms with Crippen molar-refractivity contribution in [3.63, 3.8) is 0 Å². The van der Waals surface area contributed by atoms with Crippen molar-refractivity contribution in [3.05, 3.63) is 110 Å². The second-order valence-electron chi connectivity index (χ2n) is 17.5. The number of amides is 2. The van der Waals surface area contributed by atoms with Crippen LogP contribution in [0.15, 0.2) is 66.4 Å². The minimum absolute atomic E-state index is 0.0501. The van der Waals surface area contributed by atoms with E-state index in [0.29, 0.717) is 80.6 Å². The molecule has 1 aliphatic carbocycles.